The number of carboxylic acids is 1. The highest BCUT2D eigenvalue weighted by Gasteiger charge is 2.39. The van der Waals surface area contributed by atoms with E-state index in [1.807, 2.05) is 0 Å². The lowest BCUT2D eigenvalue weighted by molar-refractivity contribution is -0.138. The van der Waals surface area contributed by atoms with Gasteiger partial charge in [-0.05, 0) is 17.7 Å². The van der Waals surface area contributed by atoms with Crippen molar-refractivity contribution in [2.45, 2.75) is 17.6 Å². The standard InChI is InChI=1S/C11H9F4NO2S/c12-5-1-2-6(7(3-5)11(13,14)15)9-16-8(4-19-9)10(17)18/h1-3,8-9,16H,4H2,(H,17,18). The number of rotatable bonds is 2. The number of hydrogen-bond acceptors (Lipinski definition) is 3. The molecule has 0 aromatic heterocycles. The van der Waals surface area contributed by atoms with E-state index in [0.717, 1.165) is 23.9 Å². The maximum absolute atomic E-state index is 12.9. The summed E-state index contributed by atoms with van der Waals surface area (Å²) in [5, 5.41) is 10.6. The largest absolute Gasteiger partial charge is 0.480 e. The van der Waals surface area contributed by atoms with Crippen LogP contribution in [-0.4, -0.2) is 22.9 Å². The molecule has 0 aliphatic carbocycles. The monoisotopic (exact) mass is 295 g/mol. The van der Waals surface area contributed by atoms with E-state index < -0.39 is 34.9 Å². The minimum Gasteiger partial charge on any atom is -0.480 e. The summed E-state index contributed by atoms with van der Waals surface area (Å²) in [6.45, 7) is 0. The first-order chi connectivity index (χ1) is 8.79. The summed E-state index contributed by atoms with van der Waals surface area (Å²) in [5.41, 5.74) is -1.23. The van der Waals surface area contributed by atoms with Gasteiger partial charge in [0.2, 0.25) is 0 Å². The lowest BCUT2D eigenvalue weighted by Gasteiger charge is -2.18. The summed E-state index contributed by atoms with van der Waals surface area (Å²) in [6.07, 6.45) is -4.68. The number of nitrogens with one attached hydrogen (secondary N) is 1. The van der Waals surface area contributed by atoms with E-state index in [4.69, 9.17) is 5.11 Å². The fourth-order valence-electron chi connectivity index (χ4n) is 1.80. The van der Waals surface area contributed by atoms with E-state index in [0.29, 0.717) is 6.07 Å². The summed E-state index contributed by atoms with van der Waals surface area (Å²) >= 11 is 1.05. The van der Waals surface area contributed by atoms with Crippen LogP contribution in [0.1, 0.15) is 16.5 Å². The van der Waals surface area contributed by atoms with Crippen molar-refractivity contribution in [2.75, 3.05) is 5.75 Å². The average molecular weight is 295 g/mol. The van der Waals surface area contributed by atoms with Crippen LogP contribution in [0.15, 0.2) is 18.2 Å². The Kier molecular flexibility index (Phi) is 3.73. The summed E-state index contributed by atoms with van der Waals surface area (Å²) < 4.78 is 51.4. The van der Waals surface area contributed by atoms with Crippen molar-refractivity contribution in [1.82, 2.24) is 5.32 Å². The first-order valence-corrected chi connectivity index (χ1v) is 6.31. The van der Waals surface area contributed by atoms with E-state index in [9.17, 15) is 22.4 Å². The van der Waals surface area contributed by atoms with E-state index in [2.05, 4.69) is 5.32 Å². The Hall–Kier alpha value is -1.28. The van der Waals surface area contributed by atoms with E-state index in [-0.39, 0.29) is 11.3 Å². The quantitative estimate of drug-likeness (QED) is 0.824. The van der Waals surface area contributed by atoms with Crippen molar-refractivity contribution >= 4 is 17.7 Å². The van der Waals surface area contributed by atoms with Gasteiger partial charge in [0.05, 0.1) is 10.9 Å². The third kappa shape index (κ3) is 3.01. The van der Waals surface area contributed by atoms with E-state index in [1.165, 1.54) is 0 Å². The maximum Gasteiger partial charge on any atom is 0.416 e. The number of halogens is 4. The second kappa shape index (κ2) is 5.01. The fraction of sp³-hybridized carbons (Fsp3) is 0.364. The molecule has 0 radical (unpaired) electrons. The molecule has 2 atom stereocenters. The maximum atomic E-state index is 12.9. The highest BCUT2D eigenvalue weighted by atomic mass is 32.2. The van der Waals surface area contributed by atoms with Crippen molar-refractivity contribution < 1.29 is 27.5 Å². The van der Waals surface area contributed by atoms with E-state index >= 15 is 0 Å². The summed E-state index contributed by atoms with van der Waals surface area (Å²) in [4.78, 5) is 10.8. The Morgan fingerprint density at radius 2 is 2.11 bits per heavy atom. The fourth-order valence-corrected chi connectivity index (χ4v) is 3.07. The smallest absolute Gasteiger partial charge is 0.416 e. The molecule has 0 amide bonds. The summed E-state index contributed by atoms with van der Waals surface area (Å²) in [5.74, 6) is -1.94. The number of hydrogen-bond donors (Lipinski definition) is 2. The molecule has 1 saturated heterocycles. The lowest BCUT2D eigenvalue weighted by Crippen LogP contribution is -2.34. The van der Waals surface area contributed by atoms with Crippen LogP contribution in [0.3, 0.4) is 0 Å². The highest BCUT2D eigenvalue weighted by Crippen LogP contribution is 2.40. The molecule has 1 aromatic rings. The zero-order valence-corrected chi connectivity index (χ0v) is 10.2. The minimum atomic E-state index is -4.68. The van der Waals surface area contributed by atoms with E-state index in [1.54, 1.807) is 0 Å². The Balaban J connectivity index is 2.33. The van der Waals surface area contributed by atoms with Gasteiger partial charge in [0.15, 0.2) is 0 Å². The third-order valence-corrected chi connectivity index (χ3v) is 3.93. The van der Waals surface area contributed by atoms with Gasteiger partial charge in [-0.1, -0.05) is 6.07 Å². The van der Waals surface area contributed by atoms with Crippen LogP contribution in [0.2, 0.25) is 0 Å². The number of carbonyl (C=O) groups is 1. The van der Waals surface area contributed by atoms with Crippen molar-refractivity contribution in [2.24, 2.45) is 0 Å². The van der Waals surface area contributed by atoms with Crippen LogP contribution in [-0.2, 0) is 11.0 Å². The Bertz CT molecular complexity index is 506. The van der Waals surface area contributed by atoms with Gasteiger partial charge in [-0.25, -0.2) is 4.39 Å². The van der Waals surface area contributed by atoms with Crippen molar-refractivity contribution in [3.8, 4) is 0 Å². The van der Waals surface area contributed by atoms with Crippen molar-refractivity contribution in [3.05, 3.63) is 35.1 Å². The van der Waals surface area contributed by atoms with Crippen molar-refractivity contribution in [3.63, 3.8) is 0 Å². The molecule has 1 aromatic carbocycles. The second-order valence-electron chi connectivity index (χ2n) is 4.00. The highest BCUT2D eigenvalue weighted by molar-refractivity contribution is 7.99. The molecule has 3 nitrogen and oxygen atoms in total. The van der Waals surface area contributed by atoms with Gasteiger partial charge >= 0.3 is 12.1 Å². The van der Waals surface area contributed by atoms with Crippen LogP contribution >= 0.6 is 11.8 Å². The van der Waals surface area contributed by atoms with Crippen LogP contribution in [0.4, 0.5) is 17.6 Å². The van der Waals surface area contributed by atoms with Gasteiger partial charge in [0.25, 0.3) is 0 Å². The molecule has 2 N–H and O–H groups in total. The first kappa shape index (κ1) is 14.1. The molecule has 1 aliphatic rings. The topological polar surface area (TPSA) is 49.3 Å². The zero-order valence-electron chi connectivity index (χ0n) is 9.37. The number of alkyl halides is 3. The van der Waals surface area contributed by atoms with Crippen LogP contribution < -0.4 is 5.32 Å². The molecule has 1 fully saturated rings. The molecule has 19 heavy (non-hydrogen) atoms. The Labute approximate surface area is 110 Å². The van der Waals surface area contributed by atoms with Crippen molar-refractivity contribution in [1.29, 1.82) is 0 Å². The molecular weight excluding hydrogens is 286 g/mol. The second-order valence-corrected chi connectivity index (χ2v) is 5.14. The van der Waals surface area contributed by atoms with Crippen LogP contribution in [0.5, 0.6) is 0 Å². The SMILES string of the molecule is O=C(O)C1CSC(c2ccc(F)cc2C(F)(F)F)N1. The van der Waals surface area contributed by atoms with Gasteiger partial charge in [0.1, 0.15) is 11.9 Å². The molecule has 2 unspecified atom stereocenters. The van der Waals surface area contributed by atoms with Gasteiger partial charge in [-0.3, -0.25) is 10.1 Å². The van der Waals surface area contributed by atoms with Crippen LogP contribution in [0.25, 0.3) is 0 Å². The lowest BCUT2D eigenvalue weighted by atomic mass is 10.1. The van der Waals surface area contributed by atoms with Crippen LogP contribution in [0, 0.1) is 5.82 Å². The number of thioether (sulfide) groups is 1. The number of benzene rings is 1. The molecular formula is C11H9F4NO2S. The van der Waals surface area contributed by atoms with Gasteiger partial charge in [-0.2, -0.15) is 13.2 Å². The Morgan fingerprint density at radius 3 is 2.63 bits per heavy atom. The number of aliphatic carboxylic acids is 1. The molecule has 1 heterocycles. The first-order valence-electron chi connectivity index (χ1n) is 5.26. The molecule has 0 spiro atoms. The molecule has 104 valence electrons. The van der Waals surface area contributed by atoms with Gasteiger partial charge < -0.3 is 5.11 Å². The molecule has 8 heteroatoms. The molecule has 0 saturated carbocycles. The summed E-state index contributed by atoms with van der Waals surface area (Å²) in [6, 6.07) is 1.49. The third-order valence-electron chi connectivity index (χ3n) is 2.68. The predicted octanol–water partition coefficient (Wildman–Crippen LogP) is 2.63. The number of carboxylic acid groups (broad SMARTS) is 1. The molecule has 1 aliphatic heterocycles. The summed E-state index contributed by atoms with van der Waals surface area (Å²) in [7, 11) is 0. The zero-order chi connectivity index (χ0) is 14.2. The Morgan fingerprint density at radius 1 is 1.42 bits per heavy atom. The molecule has 0 bridgehead atoms. The molecule has 2 rings (SSSR count). The predicted molar refractivity (Wildman–Crippen MR) is 61.2 cm³/mol. The normalized spacial score (nSPS) is 23.6. The van der Waals surface area contributed by atoms with Gasteiger partial charge in [0, 0.05) is 5.75 Å². The van der Waals surface area contributed by atoms with Gasteiger partial charge in [-0.15, -0.1) is 11.8 Å². The average Bonchev–Trinajstić information content (AvgIpc) is 2.77. The minimum absolute atomic E-state index is 0.150.